The normalized spacial score (nSPS) is 17.6. The fourth-order valence-electron chi connectivity index (χ4n) is 3.01. The van der Waals surface area contributed by atoms with Crippen molar-refractivity contribution in [1.29, 1.82) is 0 Å². The summed E-state index contributed by atoms with van der Waals surface area (Å²) in [5.41, 5.74) is 0.675. The number of carbonyl (C=O) groups is 2. The van der Waals surface area contributed by atoms with E-state index in [0.29, 0.717) is 42.9 Å². The van der Waals surface area contributed by atoms with Gasteiger partial charge in [0, 0.05) is 37.6 Å². The number of anilines is 1. The zero-order chi connectivity index (χ0) is 17.4. The van der Waals surface area contributed by atoms with E-state index in [1.54, 1.807) is 11.0 Å². The molecule has 0 bridgehead atoms. The zero-order valence-corrected chi connectivity index (χ0v) is 13.6. The number of nitrogens with zero attached hydrogens (tertiary/aromatic N) is 4. The van der Waals surface area contributed by atoms with E-state index in [0.717, 1.165) is 12.8 Å². The molecule has 4 rings (SSSR count). The van der Waals surface area contributed by atoms with Crippen molar-refractivity contribution in [3.8, 4) is 0 Å². The van der Waals surface area contributed by atoms with Gasteiger partial charge >= 0.3 is 11.8 Å². The summed E-state index contributed by atoms with van der Waals surface area (Å²) >= 11 is 0. The Labute approximate surface area is 143 Å². The van der Waals surface area contributed by atoms with Gasteiger partial charge in [0.2, 0.25) is 0 Å². The zero-order valence-electron chi connectivity index (χ0n) is 13.6. The molecule has 1 aliphatic heterocycles. The minimum absolute atomic E-state index is 0.167. The van der Waals surface area contributed by atoms with Crippen LogP contribution < -0.4 is 10.2 Å². The van der Waals surface area contributed by atoms with Gasteiger partial charge in [0.25, 0.3) is 0 Å². The number of benzene rings is 1. The summed E-state index contributed by atoms with van der Waals surface area (Å²) in [6.45, 7) is 1.92. The lowest BCUT2D eigenvalue weighted by atomic mass is 10.2. The molecule has 2 aliphatic rings. The lowest BCUT2D eigenvalue weighted by molar-refractivity contribution is -0.146. The number of aromatic nitrogens is 2. The standard InChI is InChI=1S/C17H18FN5O2/c18-11-1-4-14-13(9-11)15(20-10-19-14)22-5-7-23(8-6-22)17(25)16(24)21-12-2-3-12/h1,4,9-10,12H,2-3,5-8H2,(H,21,24). The summed E-state index contributed by atoms with van der Waals surface area (Å²) in [4.78, 5) is 36.1. The molecule has 2 fully saturated rings. The minimum atomic E-state index is -0.523. The SMILES string of the molecule is O=C(NC1CC1)C(=O)N1CCN(c2ncnc3ccc(F)cc23)CC1. The van der Waals surface area contributed by atoms with Gasteiger partial charge in [0.15, 0.2) is 0 Å². The van der Waals surface area contributed by atoms with Crippen LogP contribution in [0.4, 0.5) is 10.2 Å². The molecule has 0 atom stereocenters. The van der Waals surface area contributed by atoms with Gasteiger partial charge in [-0.15, -0.1) is 0 Å². The number of piperazine rings is 1. The highest BCUT2D eigenvalue weighted by Gasteiger charge is 2.31. The molecule has 2 aromatic rings. The van der Waals surface area contributed by atoms with Crippen molar-refractivity contribution < 1.29 is 14.0 Å². The maximum Gasteiger partial charge on any atom is 0.312 e. The third kappa shape index (κ3) is 3.24. The molecule has 1 aromatic carbocycles. The summed E-state index contributed by atoms with van der Waals surface area (Å²) in [7, 11) is 0. The van der Waals surface area contributed by atoms with Gasteiger partial charge in [0.1, 0.15) is 18.0 Å². The number of nitrogens with one attached hydrogen (secondary N) is 1. The minimum Gasteiger partial charge on any atom is -0.352 e. The van der Waals surface area contributed by atoms with Gasteiger partial charge in [-0.2, -0.15) is 0 Å². The monoisotopic (exact) mass is 343 g/mol. The Morgan fingerprint density at radius 3 is 2.60 bits per heavy atom. The van der Waals surface area contributed by atoms with Crippen LogP contribution in [0.2, 0.25) is 0 Å². The largest absolute Gasteiger partial charge is 0.352 e. The van der Waals surface area contributed by atoms with Crippen LogP contribution in [0.15, 0.2) is 24.5 Å². The second kappa shape index (κ2) is 6.27. The third-order valence-electron chi connectivity index (χ3n) is 4.55. The highest BCUT2D eigenvalue weighted by atomic mass is 19.1. The summed E-state index contributed by atoms with van der Waals surface area (Å²) in [6.07, 6.45) is 3.35. The molecule has 1 N–H and O–H groups in total. The number of hydrogen-bond donors (Lipinski definition) is 1. The molecule has 7 nitrogen and oxygen atoms in total. The molecule has 2 amide bonds. The highest BCUT2D eigenvalue weighted by Crippen LogP contribution is 2.24. The van der Waals surface area contributed by atoms with E-state index in [2.05, 4.69) is 15.3 Å². The first-order valence-electron chi connectivity index (χ1n) is 8.37. The molecular formula is C17H18FN5O2. The smallest absolute Gasteiger partial charge is 0.312 e. The van der Waals surface area contributed by atoms with Crippen molar-refractivity contribution >= 4 is 28.5 Å². The molecule has 0 radical (unpaired) electrons. The van der Waals surface area contributed by atoms with Crippen molar-refractivity contribution in [3.63, 3.8) is 0 Å². The van der Waals surface area contributed by atoms with Crippen LogP contribution >= 0.6 is 0 Å². The van der Waals surface area contributed by atoms with Crippen LogP contribution in [0.25, 0.3) is 10.9 Å². The topological polar surface area (TPSA) is 78.4 Å². The van der Waals surface area contributed by atoms with Gasteiger partial charge in [-0.1, -0.05) is 0 Å². The van der Waals surface area contributed by atoms with Crippen LogP contribution in [-0.2, 0) is 9.59 Å². The predicted octanol–water partition coefficient (Wildman–Crippen LogP) is 0.696. The fourth-order valence-corrected chi connectivity index (χ4v) is 3.01. The highest BCUT2D eigenvalue weighted by molar-refractivity contribution is 6.35. The Morgan fingerprint density at radius 2 is 1.88 bits per heavy atom. The number of amides is 2. The van der Waals surface area contributed by atoms with E-state index in [4.69, 9.17) is 0 Å². The van der Waals surface area contributed by atoms with Crippen LogP contribution in [0.5, 0.6) is 0 Å². The van der Waals surface area contributed by atoms with Crippen LogP contribution in [-0.4, -0.2) is 58.9 Å². The van der Waals surface area contributed by atoms with Gasteiger partial charge < -0.3 is 15.1 Å². The summed E-state index contributed by atoms with van der Waals surface area (Å²) in [5.74, 6) is -0.691. The third-order valence-corrected chi connectivity index (χ3v) is 4.55. The second-order valence-corrected chi connectivity index (χ2v) is 6.39. The molecule has 1 saturated heterocycles. The van der Waals surface area contributed by atoms with Crippen molar-refractivity contribution in [2.45, 2.75) is 18.9 Å². The van der Waals surface area contributed by atoms with Crippen LogP contribution in [0.3, 0.4) is 0 Å². The first kappa shape index (κ1) is 15.7. The molecule has 0 unspecified atom stereocenters. The summed E-state index contributed by atoms with van der Waals surface area (Å²) in [6, 6.07) is 4.58. The first-order chi connectivity index (χ1) is 12.1. The maximum absolute atomic E-state index is 13.6. The Balaban J connectivity index is 1.46. The molecular weight excluding hydrogens is 325 g/mol. The van der Waals surface area contributed by atoms with Gasteiger partial charge in [-0.25, -0.2) is 14.4 Å². The van der Waals surface area contributed by atoms with Crippen molar-refractivity contribution in [3.05, 3.63) is 30.3 Å². The Morgan fingerprint density at radius 1 is 1.12 bits per heavy atom. The van der Waals surface area contributed by atoms with Crippen molar-refractivity contribution in [2.75, 3.05) is 31.1 Å². The van der Waals surface area contributed by atoms with Crippen LogP contribution in [0.1, 0.15) is 12.8 Å². The maximum atomic E-state index is 13.6. The van der Waals surface area contributed by atoms with Crippen LogP contribution in [0, 0.1) is 5.82 Å². The summed E-state index contributed by atoms with van der Waals surface area (Å²) in [5, 5.41) is 3.37. The molecule has 2 heterocycles. The van der Waals surface area contributed by atoms with E-state index in [1.807, 2.05) is 4.90 Å². The first-order valence-corrected chi connectivity index (χ1v) is 8.37. The van der Waals surface area contributed by atoms with E-state index < -0.39 is 11.8 Å². The molecule has 0 spiro atoms. The number of rotatable bonds is 2. The van der Waals surface area contributed by atoms with Gasteiger partial charge in [-0.3, -0.25) is 9.59 Å². The van der Waals surface area contributed by atoms with E-state index in [-0.39, 0.29) is 11.9 Å². The lowest BCUT2D eigenvalue weighted by Gasteiger charge is -2.35. The number of hydrogen-bond acceptors (Lipinski definition) is 5. The molecule has 8 heteroatoms. The number of fused-ring (bicyclic) bond motifs is 1. The molecule has 1 aromatic heterocycles. The average Bonchev–Trinajstić information content (AvgIpc) is 3.44. The number of halogens is 1. The van der Waals surface area contributed by atoms with Crippen molar-refractivity contribution in [1.82, 2.24) is 20.2 Å². The average molecular weight is 343 g/mol. The summed E-state index contributed by atoms with van der Waals surface area (Å²) < 4.78 is 13.6. The van der Waals surface area contributed by atoms with E-state index in [1.165, 1.54) is 18.5 Å². The molecule has 130 valence electrons. The molecule has 25 heavy (non-hydrogen) atoms. The second-order valence-electron chi connectivity index (χ2n) is 6.39. The Bertz CT molecular complexity index is 831. The number of carbonyl (C=O) groups excluding carboxylic acids is 2. The van der Waals surface area contributed by atoms with Crippen molar-refractivity contribution in [2.24, 2.45) is 0 Å². The Hall–Kier alpha value is -2.77. The predicted molar refractivity (Wildman–Crippen MR) is 89.5 cm³/mol. The van der Waals surface area contributed by atoms with Gasteiger partial charge in [0.05, 0.1) is 5.52 Å². The Kier molecular flexibility index (Phi) is 3.95. The van der Waals surface area contributed by atoms with Gasteiger partial charge in [-0.05, 0) is 31.0 Å². The van der Waals surface area contributed by atoms with E-state index in [9.17, 15) is 14.0 Å². The lowest BCUT2D eigenvalue weighted by Crippen LogP contribution is -2.53. The van der Waals surface area contributed by atoms with E-state index >= 15 is 0 Å². The molecule has 1 aliphatic carbocycles. The quantitative estimate of drug-likeness (QED) is 0.812. The molecule has 1 saturated carbocycles. The fraction of sp³-hybridized carbons (Fsp3) is 0.412.